The molecule has 0 bridgehead atoms. The van der Waals surface area contributed by atoms with Crippen LogP contribution in [0, 0.1) is 0 Å². The van der Waals surface area contributed by atoms with Crippen molar-refractivity contribution < 1.29 is 9.84 Å². The summed E-state index contributed by atoms with van der Waals surface area (Å²) < 4.78 is 5.57. The quantitative estimate of drug-likeness (QED) is 0.594. The third kappa shape index (κ3) is 6.08. The first-order valence-electron chi connectivity index (χ1n) is 10.1. The van der Waals surface area contributed by atoms with Crippen LogP contribution in [0.15, 0.2) is 48.5 Å². The van der Waals surface area contributed by atoms with Gasteiger partial charge in [0.05, 0.1) is 6.61 Å². The third-order valence-corrected chi connectivity index (χ3v) is 5.14. The molecule has 2 aromatic rings. The molecule has 2 aromatic carbocycles. The summed E-state index contributed by atoms with van der Waals surface area (Å²) in [5.41, 5.74) is 3.34. The van der Waals surface area contributed by atoms with Crippen LogP contribution in [0.4, 0.5) is 0 Å². The number of phenolic OH excluding ortho intramolecular Hbond substituents is 1. The van der Waals surface area contributed by atoms with Crippen LogP contribution in [0.1, 0.15) is 63.6 Å². The minimum Gasteiger partial charge on any atom is -0.508 e. The van der Waals surface area contributed by atoms with E-state index in [1.54, 1.807) is 0 Å². The van der Waals surface area contributed by atoms with Crippen molar-refractivity contribution in [2.75, 3.05) is 13.2 Å². The molecule has 0 aliphatic carbocycles. The van der Waals surface area contributed by atoms with E-state index in [4.69, 9.17) is 4.74 Å². The lowest BCUT2D eigenvalue weighted by Crippen LogP contribution is -2.38. The first-order valence-corrected chi connectivity index (χ1v) is 10.1. The van der Waals surface area contributed by atoms with Crippen LogP contribution < -0.4 is 0 Å². The highest BCUT2D eigenvalue weighted by Gasteiger charge is 2.21. The highest BCUT2D eigenvalue weighted by atomic mass is 16.5. The minimum atomic E-state index is 0.160. The SMILES string of the molecule is CCOCc1ccc(O)c(C(CCN(C(C)C)C(C)C)c2ccccc2)c1. The number of phenols is 1. The van der Waals surface area contributed by atoms with Crippen molar-refractivity contribution in [1.29, 1.82) is 0 Å². The van der Waals surface area contributed by atoms with Gasteiger partial charge in [-0.2, -0.15) is 0 Å². The molecule has 0 aromatic heterocycles. The molecular weight excluding hydrogens is 334 g/mol. The van der Waals surface area contributed by atoms with Gasteiger partial charge in [0.25, 0.3) is 0 Å². The summed E-state index contributed by atoms with van der Waals surface area (Å²) in [6.07, 6.45) is 0.964. The molecule has 1 N–H and O–H groups in total. The zero-order valence-electron chi connectivity index (χ0n) is 17.5. The molecule has 2 rings (SSSR count). The van der Waals surface area contributed by atoms with E-state index >= 15 is 0 Å². The summed E-state index contributed by atoms with van der Waals surface area (Å²) >= 11 is 0. The fourth-order valence-electron chi connectivity index (χ4n) is 3.77. The summed E-state index contributed by atoms with van der Waals surface area (Å²) in [6.45, 7) is 13.3. The van der Waals surface area contributed by atoms with Crippen LogP contribution in [0.25, 0.3) is 0 Å². The number of nitrogens with zero attached hydrogens (tertiary/aromatic N) is 1. The molecule has 0 saturated carbocycles. The molecule has 0 spiro atoms. The van der Waals surface area contributed by atoms with Crippen LogP contribution in [-0.2, 0) is 11.3 Å². The number of hydrogen-bond acceptors (Lipinski definition) is 3. The molecule has 0 fully saturated rings. The summed E-state index contributed by atoms with van der Waals surface area (Å²) in [5, 5.41) is 10.6. The van der Waals surface area contributed by atoms with Crippen LogP contribution in [0.5, 0.6) is 5.75 Å². The van der Waals surface area contributed by atoms with E-state index in [1.165, 1.54) is 5.56 Å². The summed E-state index contributed by atoms with van der Waals surface area (Å²) in [7, 11) is 0. The molecule has 0 amide bonds. The van der Waals surface area contributed by atoms with Crippen molar-refractivity contribution in [3.63, 3.8) is 0 Å². The second-order valence-electron chi connectivity index (χ2n) is 7.71. The monoisotopic (exact) mass is 369 g/mol. The zero-order chi connectivity index (χ0) is 19.8. The normalized spacial score (nSPS) is 12.9. The van der Waals surface area contributed by atoms with Gasteiger partial charge in [-0.3, -0.25) is 4.90 Å². The number of ether oxygens (including phenoxy) is 1. The lowest BCUT2D eigenvalue weighted by Gasteiger charge is -2.32. The maximum absolute atomic E-state index is 10.6. The van der Waals surface area contributed by atoms with E-state index in [1.807, 2.05) is 25.1 Å². The molecule has 1 unspecified atom stereocenters. The first kappa shape index (κ1) is 21.5. The molecule has 3 nitrogen and oxygen atoms in total. The van der Waals surface area contributed by atoms with Gasteiger partial charge in [-0.25, -0.2) is 0 Å². The summed E-state index contributed by atoms with van der Waals surface area (Å²) in [6, 6.07) is 17.4. The van der Waals surface area contributed by atoms with Crippen LogP contribution in [0.3, 0.4) is 0 Å². The second-order valence-corrected chi connectivity index (χ2v) is 7.71. The Kier molecular flexibility index (Phi) is 8.33. The van der Waals surface area contributed by atoms with E-state index in [-0.39, 0.29) is 5.92 Å². The van der Waals surface area contributed by atoms with Crippen molar-refractivity contribution in [3.05, 3.63) is 65.2 Å². The average molecular weight is 370 g/mol. The van der Waals surface area contributed by atoms with E-state index in [9.17, 15) is 5.11 Å². The molecule has 148 valence electrons. The maximum Gasteiger partial charge on any atom is 0.119 e. The molecule has 0 radical (unpaired) electrons. The largest absolute Gasteiger partial charge is 0.508 e. The van der Waals surface area contributed by atoms with Gasteiger partial charge in [-0.05, 0) is 70.8 Å². The lowest BCUT2D eigenvalue weighted by molar-refractivity contribution is 0.134. The molecule has 0 aliphatic rings. The van der Waals surface area contributed by atoms with Gasteiger partial charge in [-0.1, -0.05) is 36.4 Å². The average Bonchev–Trinajstić information content (AvgIpc) is 2.65. The molecule has 27 heavy (non-hydrogen) atoms. The zero-order valence-corrected chi connectivity index (χ0v) is 17.5. The van der Waals surface area contributed by atoms with Crippen molar-refractivity contribution >= 4 is 0 Å². The Hall–Kier alpha value is -1.84. The molecule has 0 heterocycles. The fraction of sp³-hybridized carbons (Fsp3) is 0.500. The predicted octanol–water partition coefficient (Wildman–Crippen LogP) is 5.57. The first-order chi connectivity index (χ1) is 12.9. The molecular formula is C24H35NO2. The number of rotatable bonds is 10. The Morgan fingerprint density at radius 3 is 2.22 bits per heavy atom. The standard InChI is InChI=1S/C24H35NO2/c1-6-27-17-20-12-13-24(26)23(16-20)22(21-10-8-7-9-11-21)14-15-25(18(2)3)19(4)5/h7-13,16,18-19,22,26H,6,14-15,17H2,1-5H3. The van der Waals surface area contributed by atoms with E-state index < -0.39 is 0 Å². The smallest absolute Gasteiger partial charge is 0.119 e. The van der Waals surface area contributed by atoms with Crippen LogP contribution in [0.2, 0.25) is 0 Å². The predicted molar refractivity (Wildman–Crippen MR) is 113 cm³/mol. The molecule has 1 atom stereocenters. The number of benzene rings is 2. The van der Waals surface area contributed by atoms with E-state index in [0.29, 0.717) is 31.0 Å². The Morgan fingerprint density at radius 2 is 1.63 bits per heavy atom. The van der Waals surface area contributed by atoms with Gasteiger partial charge in [0.15, 0.2) is 0 Å². The molecule has 0 aliphatic heterocycles. The third-order valence-electron chi connectivity index (χ3n) is 5.14. The maximum atomic E-state index is 10.6. The molecule has 3 heteroatoms. The van der Waals surface area contributed by atoms with Gasteiger partial charge >= 0.3 is 0 Å². The summed E-state index contributed by atoms with van der Waals surface area (Å²) in [4.78, 5) is 2.51. The highest BCUT2D eigenvalue weighted by molar-refractivity contribution is 5.43. The Balaban J connectivity index is 2.33. The van der Waals surface area contributed by atoms with Gasteiger partial charge in [0.2, 0.25) is 0 Å². The fourth-order valence-corrected chi connectivity index (χ4v) is 3.77. The Bertz CT molecular complexity index is 674. The van der Waals surface area contributed by atoms with Crippen molar-refractivity contribution in [2.45, 2.75) is 65.6 Å². The minimum absolute atomic E-state index is 0.160. The highest BCUT2D eigenvalue weighted by Crippen LogP contribution is 2.35. The Labute approximate surface area is 165 Å². The summed E-state index contributed by atoms with van der Waals surface area (Å²) in [5.74, 6) is 0.525. The van der Waals surface area contributed by atoms with E-state index in [2.05, 4.69) is 62.9 Å². The van der Waals surface area contributed by atoms with Crippen molar-refractivity contribution in [1.82, 2.24) is 4.90 Å². The number of aromatic hydroxyl groups is 1. The van der Waals surface area contributed by atoms with Gasteiger partial charge in [0.1, 0.15) is 5.75 Å². The molecule has 0 saturated heterocycles. The van der Waals surface area contributed by atoms with Crippen molar-refractivity contribution in [3.8, 4) is 5.75 Å². The van der Waals surface area contributed by atoms with Crippen LogP contribution >= 0.6 is 0 Å². The van der Waals surface area contributed by atoms with Gasteiger partial charge in [-0.15, -0.1) is 0 Å². The number of hydrogen-bond donors (Lipinski definition) is 1. The lowest BCUT2D eigenvalue weighted by atomic mass is 9.86. The van der Waals surface area contributed by atoms with E-state index in [0.717, 1.165) is 24.1 Å². The van der Waals surface area contributed by atoms with Crippen molar-refractivity contribution in [2.24, 2.45) is 0 Å². The topological polar surface area (TPSA) is 32.7 Å². The Morgan fingerprint density at radius 1 is 0.963 bits per heavy atom. The van der Waals surface area contributed by atoms with Crippen LogP contribution in [-0.4, -0.2) is 35.2 Å². The van der Waals surface area contributed by atoms with Gasteiger partial charge < -0.3 is 9.84 Å². The van der Waals surface area contributed by atoms with Gasteiger partial charge in [0, 0.05) is 30.2 Å². The second kappa shape index (κ2) is 10.5.